The minimum Gasteiger partial charge on any atom is -0.494 e. The molecule has 2 unspecified atom stereocenters. The zero-order valence-electron chi connectivity index (χ0n) is 18.0. The molecule has 0 fully saturated rings. The van der Waals surface area contributed by atoms with Crippen LogP contribution in [0.15, 0.2) is 24.3 Å². The Balaban J connectivity index is 0.000000407. The first-order valence-electron chi connectivity index (χ1n) is 9.68. The van der Waals surface area contributed by atoms with Gasteiger partial charge < -0.3 is 35.8 Å². The van der Waals surface area contributed by atoms with Gasteiger partial charge in [-0.05, 0) is 51.5 Å². The molecule has 0 aliphatic carbocycles. The monoisotopic (exact) mass is 438 g/mol. The number of nitrogens with zero attached hydrogens (tertiary/aromatic N) is 1. The van der Waals surface area contributed by atoms with Gasteiger partial charge in [-0.1, -0.05) is 6.08 Å². The number of hydrogen-bond acceptors (Lipinski definition) is 7. The Kier molecular flexibility index (Phi) is 9.17. The van der Waals surface area contributed by atoms with Crippen molar-refractivity contribution in [3.63, 3.8) is 0 Å². The fraction of sp³-hybridized carbons (Fsp3) is 0.476. The molecule has 0 saturated carbocycles. The minimum absolute atomic E-state index is 0.0525. The van der Waals surface area contributed by atoms with Crippen molar-refractivity contribution in [3.8, 4) is 5.75 Å². The van der Waals surface area contributed by atoms with E-state index < -0.39 is 24.1 Å². The molecule has 1 aromatic carbocycles. The largest absolute Gasteiger partial charge is 0.494 e. The standard InChI is InChI=1S/C17H24N2O2.C4H6O6/c1-5-21-13-6-7-15-14(10-13)12(2)11-17(3,4)19(15)16(20)8-9-18;5-1(3(7)8)2(6)4(9)10/h6-7,10-11H,5,8-9,18H2,1-4H3;1-2,5-6H,(H,7,8)(H,9,10). The number of benzene rings is 1. The Morgan fingerprint density at radius 3 is 2.13 bits per heavy atom. The summed E-state index contributed by atoms with van der Waals surface area (Å²) in [5.74, 6) is -2.66. The molecule has 2 atom stereocenters. The van der Waals surface area contributed by atoms with Crippen LogP contribution in [0.1, 0.15) is 39.7 Å². The number of carbonyl (C=O) groups excluding carboxylic acids is 1. The van der Waals surface area contributed by atoms with Crippen LogP contribution in [-0.2, 0) is 14.4 Å². The number of carboxylic acid groups (broad SMARTS) is 2. The number of amides is 1. The van der Waals surface area contributed by atoms with Gasteiger partial charge in [0.2, 0.25) is 5.91 Å². The summed E-state index contributed by atoms with van der Waals surface area (Å²) in [6, 6.07) is 5.88. The van der Waals surface area contributed by atoms with Crippen molar-refractivity contribution in [2.75, 3.05) is 18.1 Å². The number of anilines is 1. The highest BCUT2D eigenvalue weighted by molar-refractivity contribution is 6.00. The first kappa shape index (κ1) is 26.1. The van der Waals surface area contributed by atoms with Crippen molar-refractivity contribution >= 4 is 29.1 Å². The van der Waals surface area contributed by atoms with Crippen LogP contribution in [0.5, 0.6) is 5.75 Å². The Bertz CT molecular complexity index is 832. The summed E-state index contributed by atoms with van der Waals surface area (Å²) < 4.78 is 5.56. The number of aliphatic carboxylic acids is 2. The molecule has 10 nitrogen and oxygen atoms in total. The molecule has 0 spiro atoms. The van der Waals surface area contributed by atoms with E-state index in [-0.39, 0.29) is 11.4 Å². The second-order valence-electron chi connectivity index (χ2n) is 7.43. The average molecular weight is 438 g/mol. The molecular formula is C21H30N2O8. The summed E-state index contributed by atoms with van der Waals surface area (Å²) in [6.45, 7) is 9.11. The average Bonchev–Trinajstić information content (AvgIpc) is 2.67. The van der Waals surface area contributed by atoms with Crippen molar-refractivity contribution in [3.05, 3.63) is 29.8 Å². The van der Waals surface area contributed by atoms with E-state index >= 15 is 0 Å². The zero-order valence-corrected chi connectivity index (χ0v) is 18.0. The maximum absolute atomic E-state index is 12.5. The summed E-state index contributed by atoms with van der Waals surface area (Å²) in [5, 5.41) is 32.5. The lowest BCUT2D eigenvalue weighted by Crippen LogP contribution is -2.49. The van der Waals surface area contributed by atoms with Gasteiger partial charge in [-0.2, -0.15) is 0 Å². The molecule has 0 saturated heterocycles. The van der Waals surface area contributed by atoms with Gasteiger partial charge in [0.05, 0.1) is 17.8 Å². The number of nitrogens with two attached hydrogens (primary N) is 1. The molecule has 172 valence electrons. The van der Waals surface area contributed by atoms with Crippen LogP contribution in [0.3, 0.4) is 0 Å². The number of aliphatic hydroxyl groups is 2. The topological polar surface area (TPSA) is 171 Å². The van der Waals surface area contributed by atoms with Crippen LogP contribution < -0.4 is 15.4 Å². The summed E-state index contributed by atoms with van der Waals surface area (Å²) in [5.41, 5.74) is 8.34. The van der Waals surface area contributed by atoms with Crippen LogP contribution in [0.2, 0.25) is 0 Å². The predicted octanol–water partition coefficient (Wildman–Crippen LogP) is 0.840. The summed E-state index contributed by atoms with van der Waals surface area (Å²) in [4.78, 5) is 33.9. The molecule has 1 aliphatic rings. The first-order chi connectivity index (χ1) is 14.4. The molecule has 0 aromatic heterocycles. The molecular weight excluding hydrogens is 408 g/mol. The molecule has 31 heavy (non-hydrogen) atoms. The van der Waals surface area contributed by atoms with Crippen molar-refractivity contribution in [1.82, 2.24) is 0 Å². The predicted molar refractivity (Wildman–Crippen MR) is 114 cm³/mol. The first-order valence-corrected chi connectivity index (χ1v) is 9.68. The molecule has 6 N–H and O–H groups in total. The van der Waals surface area contributed by atoms with Crippen molar-refractivity contribution in [2.45, 2.75) is 51.9 Å². The molecule has 0 bridgehead atoms. The van der Waals surface area contributed by atoms with Crippen LogP contribution in [-0.4, -0.2) is 69.2 Å². The van der Waals surface area contributed by atoms with Gasteiger partial charge in [-0.25, -0.2) is 9.59 Å². The van der Waals surface area contributed by atoms with E-state index in [4.69, 9.17) is 30.9 Å². The lowest BCUT2D eigenvalue weighted by Gasteiger charge is -2.41. The summed E-state index contributed by atoms with van der Waals surface area (Å²) in [6.07, 6.45) is -2.06. The lowest BCUT2D eigenvalue weighted by molar-refractivity contribution is -0.165. The number of ether oxygens (including phenoxy) is 1. The molecule has 2 rings (SSSR count). The molecule has 1 amide bonds. The normalized spacial score (nSPS) is 16.1. The van der Waals surface area contributed by atoms with E-state index in [0.717, 1.165) is 22.6 Å². The van der Waals surface area contributed by atoms with E-state index in [1.165, 1.54) is 0 Å². The maximum atomic E-state index is 12.5. The quantitative estimate of drug-likeness (QED) is 0.414. The fourth-order valence-corrected chi connectivity index (χ4v) is 3.23. The second kappa shape index (κ2) is 10.9. The van der Waals surface area contributed by atoms with E-state index in [0.29, 0.717) is 19.6 Å². The Hall–Kier alpha value is -2.95. The Labute approximate surface area is 180 Å². The highest BCUT2D eigenvalue weighted by atomic mass is 16.5. The zero-order chi connectivity index (χ0) is 23.9. The summed E-state index contributed by atoms with van der Waals surface area (Å²) >= 11 is 0. The third kappa shape index (κ3) is 6.51. The number of aliphatic hydroxyl groups excluding tert-OH is 2. The van der Waals surface area contributed by atoms with Gasteiger partial charge >= 0.3 is 11.9 Å². The number of carboxylic acids is 2. The molecule has 0 radical (unpaired) electrons. The van der Waals surface area contributed by atoms with Gasteiger partial charge in [-0.3, -0.25) is 4.79 Å². The van der Waals surface area contributed by atoms with Crippen LogP contribution in [0.4, 0.5) is 5.69 Å². The lowest BCUT2D eigenvalue weighted by atomic mass is 9.88. The van der Waals surface area contributed by atoms with Crippen LogP contribution >= 0.6 is 0 Å². The number of allylic oxidation sites excluding steroid dienone is 1. The number of rotatable bonds is 7. The number of fused-ring (bicyclic) bond motifs is 1. The second-order valence-corrected chi connectivity index (χ2v) is 7.43. The molecule has 1 heterocycles. The molecule has 1 aromatic rings. The third-order valence-corrected chi connectivity index (χ3v) is 4.50. The smallest absolute Gasteiger partial charge is 0.335 e. The van der Waals surface area contributed by atoms with Gasteiger partial charge in [-0.15, -0.1) is 0 Å². The van der Waals surface area contributed by atoms with Gasteiger partial charge in [0.25, 0.3) is 0 Å². The Morgan fingerprint density at radius 1 is 1.13 bits per heavy atom. The SMILES string of the molecule is CCOc1ccc2c(c1)C(C)=CC(C)(C)N2C(=O)CCN.O=C(O)C(O)C(O)C(=O)O. The maximum Gasteiger partial charge on any atom is 0.335 e. The van der Waals surface area contributed by atoms with E-state index in [1.807, 2.05) is 43.9 Å². The fourth-order valence-electron chi connectivity index (χ4n) is 3.23. The van der Waals surface area contributed by atoms with Crippen molar-refractivity contribution in [1.29, 1.82) is 0 Å². The van der Waals surface area contributed by atoms with E-state index in [9.17, 15) is 14.4 Å². The van der Waals surface area contributed by atoms with E-state index in [2.05, 4.69) is 13.0 Å². The highest BCUT2D eigenvalue weighted by Crippen LogP contribution is 2.40. The van der Waals surface area contributed by atoms with Gasteiger partial charge in [0, 0.05) is 18.5 Å². The third-order valence-electron chi connectivity index (χ3n) is 4.50. The van der Waals surface area contributed by atoms with Crippen molar-refractivity contribution < 1.29 is 39.5 Å². The number of carbonyl (C=O) groups is 3. The highest BCUT2D eigenvalue weighted by Gasteiger charge is 2.35. The van der Waals surface area contributed by atoms with Gasteiger partial charge in [0.15, 0.2) is 12.2 Å². The molecule has 1 aliphatic heterocycles. The van der Waals surface area contributed by atoms with Crippen LogP contribution in [0.25, 0.3) is 5.57 Å². The summed E-state index contributed by atoms with van der Waals surface area (Å²) in [7, 11) is 0. The number of hydrogen-bond donors (Lipinski definition) is 5. The minimum atomic E-state index is -2.27. The van der Waals surface area contributed by atoms with Crippen LogP contribution in [0, 0.1) is 0 Å². The van der Waals surface area contributed by atoms with Gasteiger partial charge in [0.1, 0.15) is 5.75 Å². The molecule has 10 heteroatoms. The van der Waals surface area contributed by atoms with E-state index in [1.54, 1.807) is 0 Å². The Morgan fingerprint density at radius 2 is 1.68 bits per heavy atom. The van der Waals surface area contributed by atoms with Crippen molar-refractivity contribution in [2.24, 2.45) is 5.73 Å².